The van der Waals surface area contributed by atoms with E-state index in [0.717, 1.165) is 0 Å². The van der Waals surface area contributed by atoms with Crippen LogP contribution in [0.25, 0.3) is 0 Å². The summed E-state index contributed by atoms with van der Waals surface area (Å²) in [6, 6.07) is -0.444. The molecule has 8 heteroatoms. The Balaban J connectivity index is 1.69. The molecule has 2 saturated heterocycles. The van der Waals surface area contributed by atoms with Gasteiger partial charge in [0.2, 0.25) is 11.8 Å². The van der Waals surface area contributed by atoms with Crippen LogP contribution in [0.2, 0.25) is 0 Å². The van der Waals surface area contributed by atoms with Crippen molar-refractivity contribution in [2.24, 2.45) is 0 Å². The molecule has 0 aromatic carbocycles. The summed E-state index contributed by atoms with van der Waals surface area (Å²) in [6.07, 6.45) is 0.598. The van der Waals surface area contributed by atoms with Gasteiger partial charge in [0, 0.05) is 24.5 Å². The molecule has 0 aliphatic carbocycles. The molecule has 1 spiro atoms. The molecule has 3 heterocycles. The van der Waals surface area contributed by atoms with Gasteiger partial charge in [-0.05, 0) is 20.3 Å². The van der Waals surface area contributed by atoms with E-state index in [1.807, 2.05) is 34.6 Å². The highest BCUT2D eigenvalue weighted by Crippen LogP contribution is 2.30. The van der Waals surface area contributed by atoms with Crippen molar-refractivity contribution in [1.29, 1.82) is 0 Å². The molecule has 3 amide bonds. The average Bonchev–Trinajstić information content (AvgIpc) is 3.11. The zero-order valence-electron chi connectivity index (χ0n) is 14.9. The second-order valence-corrected chi connectivity index (χ2v) is 7.99. The SMILES string of the molecule is CC(C)N1C(=O)N[C@]2(CCN(Cc3nnc(C(C)(C)C)o3)C2)C1=O. The van der Waals surface area contributed by atoms with Gasteiger partial charge in [0.25, 0.3) is 5.91 Å². The smallest absolute Gasteiger partial charge is 0.325 e. The molecule has 132 valence electrons. The molecular formula is C16H25N5O3. The topological polar surface area (TPSA) is 91.6 Å². The minimum Gasteiger partial charge on any atom is -0.423 e. The van der Waals surface area contributed by atoms with Crippen LogP contribution in [0, 0.1) is 0 Å². The maximum absolute atomic E-state index is 12.7. The first-order valence-electron chi connectivity index (χ1n) is 8.33. The summed E-state index contributed by atoms with van der Waals surface area (Å²) >= 11 is 0. The van der Waals surface area contributed by atoms with Crippen molar-refractivity contribution >= 4 is 11.9 Å². The number of likely N-dealkylation sites (tertiary alicyclic amines) is 1. The highest BCUT2D eigenvalue weighted by atomic mass is 16.4. The number of imide groups is 1. The number of nitrogens with one attached hydrogen (secondary N) is 1. The summed E-state index contributed by atoms with van der Waals surface area (Å²) in [6.45, 7) is 11.4. The lowest BCUT2D eigenvalue weighted by atomic mass is 9.97. The van der Waals surface area contributed by atoms with E-state index in [9.17, 15) is 9.59 Å². The third-order valence-corrected chi connectivity index (χ3v) is 4.53. The third kappa shape index (κ3) is 2.79. The van der Waals surface area contributed by atoms with Crippen molar-refractivity contribution < 1.29 is 14.0 Å². The van der Waals surface area contributed by atoms with Gasteiger partial charge in [-0.2, -0.15) is 0 Å². The maximum Gasteiger partial charge on any atom is 0.325 e. The zero-order chi connectivity index (χ0) is 17.7. The van der Waals surface area contributed by atoms with Gasteiger partial charge < -0.3 is 9.73 Å². The van der Waals surface area contributed by atoms with Crippen LogP contribution in [-0.4, -0.2) is 56.6 Å². The maximum atomic E-state index is 12.7. The molecule has 1 N–H and O–H groups in total. The van der Waals surface area contributed by atoms with Crippen LogP contribution in [0.5, 0.6) is 0 Å². The minimum atomic E-state index is -0.811. The highest BCUT2D eigenvalue weighted by Gasteiger charge is 2.55. The predicted octanol–water partition coefficient (Wildman–Crippen LogP) is 1.27. The summed E-state index contributed by atoms with van der Waals surface area (Å²) in [5.74, 6) is 1.00. The van der Waals surface area contributed by atoms with Crippen LogP contribution < -0.4 is 5.32 Å². The van der Waals surface area contributed by atoms with Gasteiger partial charge in [-0.1, -0.05) is 20.8 Å². The molecule has 1 atom stereocenters. The predicted molar refractivity (Wildman–Crippen MR) is 86.1 cm³/mol. The number of amides is 3. The summed E-state index contributed by atoms with van der Waals surface area (Å²) in [5, 5.41) is 11.1. The second kappa shape index (κ2) is 5.54. The minimum absolute atomic E-state index is 0.133. The monoisotopic (exact) mass is 335 g/mol. The van der Waals surface area contributed by atoms with Crippen LogP contribution in [0.4, 0.5) is 4.79 Å². The molecule has 2 fully saturated rings. The van der Waals surface area contributed by atoms with Crippen molar-refractivity contribution in [1.82, 2.24) is 25.3 Å². The Morgan fingerprint density at radius 2 is 2.00 bits per heavy atom. The molecule has 2 aliphatic rings. The molecule has 24 heavy (non-hydrogen) atoms. The summed E-state index contributed by atoms with van der Waals surface area (Å²) in [5.41, 5.74) is -1.00. The number of carbonyl (C=O) groups is 2. The first-order chi connectivity index (χ1) is 11.1. The van der Waals surface area contributed by atoms with E-state index >= 15 is 0 Å². The lowest BCUT2D eigenvalue weighted by Gasteiger charge is -2.22. The molecule has 1 aromatic heterocycles. The van der Waals surface area contributed by atoms with E-state index < -0.39 is 5.54 Å². The Morgan fingerprint density at radius 1 is 1.29 bits per heavy atom. The van der Waals surface area contributed by atoms with E-state index in [1.54, 1.807) is 0 Å². The van der Waals surface area contributed by atoms with Gasteiger partial charge in [0.1, 0.15) is 5.54 Å². The number of aromatic nitrogens is 2. The largest absolute Gasteiger partial charge is 0.423 e. The fraction of sp³-hybridized carbons (Fsp3) is 0.750. The first kappa shape index (κ1) is 16.9. The fourth-order valence-corrected chi connectivity index (χ4v) is 3.22. The van der Waals surface area contributed by atoms with Gasteiger partial charge >= 0.3 is 6.03 Å². The number of urea groups is 1. The van der Waals surface area contributed by atoms with Crippen LogP contribution in [0.1, 0.15) is 52.8 Å². The third-order valence-electron chi connectivity index (χ3n) is 4.53. The van der Waals surface area contributed by atoms with Crippen molar-refractivity contribution in [3.63, 3.8) is 0 Å². The summed E-state index contributed by atoms with van der Waals surface area (Å²) in [7, 11) is 0. The number of carbonyl (C=O) groups excluding carboxylic acids is 2. The first-order valence-corrected chi connectivity index (χ1v) is 8.33. The highest BCUT2D eigenvalue weighted by molar-refractivity contribution is 6.07. The van der Waals surface area contributed by atoms with Gasteiger partial charge in [0.05, 0.1) is 6.54 Å². The van der Waals surface area contributed by atoms with E-state index in [2.05, 4.69) is 20.4 Å². The fourth-order valence-electron chi connectivity index (χ4n) is 3.22. The molecular weight excluding hydrogens is 310 g/mol. The standard InChI is InChI=1S/C16H25N5O3/c1-10(2)21-13(22)16(17-14(21)23)6-7-20(9-16)8-11-18-19-12(24-11)15(3,4)5/h10H,6-9H2,1-5H3,(H,17,23)/t16-/m0/s1. The van der Waals surface area contributed by atoms with Gasteiger partial charge in [-0.3, -0.25) is 14.6 Å². The molecule has 0 radical (unpaired) electrons. The molecule has 0 unspecified atom stereocenters. The van der Waals surface area contributed by atoms with E-state index in [1.165, 1.54) is 4.90 Å². The van der Waals surface area contributed by atoms with Crippen molar-refractivity contribution in [3.05, 3.63) is 11.8 Å². The van der Waals surface area contributed by atoms with Crippen LogP contribution in [-0.2, 0) is 16.8 Å². The lowest BCUT2D eigenvalue weighted by Crippen LogP contribution is -2.49. The average molecular weight is 335 g/mol. The molecule has 1 aromatic rings. The van der Waals surface area contributed by atoms with Crippen LogP contribution in [0.15, 0.2) is 4.42 Å². The molecule has 3 rings (SSSR count). The number of rotatable bonds is 3. The zero-order valence-corrected chi connectivity index (χ0v) is 14.9. The van der Waals surface area contributed by atoms with Crippen LogP contribution in [0.3, 0.4) is 0 Å². The Kier molecular flexibility index (Phi) is 3.90. The summed E-state index contributed by atoms with van der Waals surface area (Å²) < 4.78 is 5.72. The molecule has 2 aliphatic heterocycles. The van der Waals surface area contributed by atoms with E-state index in [-0.39, 0.29) is 23.4 Å². The lowest BCUT2D eigenvalue weighted by molar-refractivity contribution is -0.132. The Bertz CT molecular complexity index is 663. The number of hydrogen-bond donors (Lipinski definition) is 1. The molecule has 0 bridgehead atoms. The molecule has 0 saturated carbocycles. The number of hydrogen-bond acceptors (Lipinski definition) is 6. The van der Waals surface area contributed by atoms with E-state index in [4.69, 9.17) is 4.42 Å². The van der Waals surface area contributed by atoms with Crippen molar-refractivity contribution in [2.75, 3.05) is 13.1 Å². The van der Waals surface area contributed by atoms with Gasteiger partial charge in [0.15, 0.2) is 0 Å². The summed E-state index contributed by atoms with van der Waals surface area (Å²) in [4.78, 5) is 28.2. The number of nitrogens with zero attached hydrogens (tertiary/aromatic N) is 4. The normalized spacial score (nSPS) is 25.3. The second-order valence-electron chi connectivity index (χ2n) is 7.99. The van der Waals surface area contributed by atoms with Gasteiger partial charge in [-0.25, -0.2) is 4.79 Å². The van der Waals surface area contributed by atoms with Gasteiger partial charge in [-0.15, -0.1) is 10.2 Å². The van der Waals surface area contributed by atoms with Crippen molar-refractivity contribution in [2.45, 2.75) is 64.6 Å². The molecule has 8 nitrogen and oxygen atoms in total. The Morgan fingerprint density at radius 3 is 2.54 bits per heavy atom. The van der Waals surface area contributed by atoms with Crippen LogP contribution >= 0.6 is 0 Å². The quantitative estimate of drug-likeness (QED) is 0.837. The van der Waals surface area contributed by atoms with Crippen molar-refractivity contribution in [3.8, 4) is 0 Å². The Labute approximate surface area is 141 Å². The van der Waals surface area contributed by atoms with E-state index in [0.29, 0.717) is 37.8 Å². The Hall–Kier alpha value is -1.96.